The highest BCUT2D eigenvalue weighted by Crippen LogP contribution is 2.18. The van der Waals surface area contributed by atoms with E-state index < -0.39 is 5.97 Å². The van der Waals surface area contributed by atoms with Crippen molar-refractivity contribution in [3.63, 3.8) is 0 Å². The van der Waals surface area contributed by atoms with Gasteiger partial charge in [0.15, 0.2) is 0 Å². The highest BCUT2D eigenvalue weighted by molar-refractivity contribution is 7.97. The van der Waals surface area contributed by atoms with Gasteiger partial charge in [-0.15, -0.1) is 11.3 Å². The molecule has 0 fully saturated rings. The van der Waals surface area contributed by atoms with Gasteiger partial charge in [-0.05, 0) is 24.5 Å². The average molecular weight is 352 g/mol. The second-order valence-electron chi connectivity index (χ2n) is 4.60. The summed E-state index contributed by atoms with van der Waals surface area (Å²) in [5, 5.41) is 14.7. The minimum Gasteiger partial charge on any atom is -0.497 e. The quantitative estimate of drug-likeness (QED) is 0.796. The molecule has 0 spiro atoms. The Morgan fingerprint density at radius 2 is 2.09 bits per heavy atom. The average Bonchev–Trinajstić information content (AvgIpc) is 3.00. The molecular weight excluding hydrogens is 336 g/mol. The van der Waals surface area contributed by atoms with E-state index in [9.17, 15) is 9.59 Å². The fourth-order valence-corrected chi connectivity index (χ4v) is 3.38. The minimum atomic E-state index is -1.11. The van der Waals surface area contributed by atoms with E-state index in [0.29, 0.717) is 12.3 Å². The number of carboxylic acid groups (broad SMARTS) is 1. The van der Waals surface area contributed by atoms with Gasteiger partial charge >= 0.3 is 5.97 Å². The first-order valence-corrected chi connectivity index (χ1v) is 8.93. The van der Waals surface area contributed by atoms with Crippen molar-refractivity contribution in [3.8, 4) is 5.75 Å². The molecule has 0 atom stereocenters. The number of aromatic nitrogens is 1. The van der Waals surface area contributed by atoms with Gasteiger partial charge in [-0.3, -0.25) is 4.79 Å². The number of carbonyl (C=O) groups excluding carboxylic acids is 1. The number of hydrogen-bond acceptors (Lipinski definition) is 6. The van der Waals surface area contributed by atoms with Crippen LogP contribution in [0.2, 0.25) is 0 Å². The molecule has 122 valence electrons. The summed E-state index contributed by atoms with van der Waals surface area (Å²) < 4.78 is 5.03. The largest absolute Gasteiger partial charge is 0.497 e. The molecule has 0 aliphatic carbocycles. The Morgan fingerprint density at radius 1 is 1.35 bits per heavy atom. The molecule has 0 unspecified atom stereocenters. The number of thiazole rings is 1. The molecule has 0 aliphatic rings. The van der Waals surface area contributed by atoms with Crippen LogP contribution in [0.1, 0.15) is 31.4 Å². The molecule has 6 nitrogen and oxygen atoms in total. The number of thioether (sulfide) groups is 1. The third kappa shape index (κ3) is 4.70. The molecule has 2 N–H and O–H groups in total. The zero-order valence-electron chi connectivity index (χ0n) is 12.7. The summed E-state index contributed by atoms with van der Waals surface area (Å²) in [5.41, 5.74) is 1.03. The number of rotatable bonds is 7. The predicted molar refractivity (Wildman–Crippen MR) is 90.5 cm³/mol. The van der Waals surface area contributed by atoms with Crippen molar-refractivity contribution in [2.75, 3.05) is 13.4 Å². The molecule has 8 heteroatoms. The standard InChI is InChI=1S/C15H16N2O4S2/c1-21-12-4-9(3-10(5-12)15(19)20)14(18)16-6-11-7-23-13(17-11)8-22-2/h3-5,7H,6,8H2,1-2H3,(H,16,18)(H,19,20). The Morgan fingerprint density at radius 3 is 2.74 bits per heavy atom. The molecule has 23 heavy (non-hydrogen) atoms. The van der Waals surface area contributed by atoms with Crippen LogP contribution in [-0.4, -0.2) is 35.3 Å². The van der Waals surface area contributed by atoms with Gasteiger partial charge in [-0.2, -0.15) is 11.8 Å². The number of ether oxygens (including phenoxy) is 1. The Hall–Kier alpha value is -2.06. The first-order chi connectivity index (χ1) is 11.0. The lowest BCUT2D eigenvalue weighted by molar-refractivity contribution is 0.0696. The van der Waals surface area contributed by atoms with E-state index in [0.717, 1.165) is 16.5 Å². The number of nitrogens with one attached hydrogen (secondary N) is 1. The Kier molecular flexibility index (Phi) is 6.00. The third-order valence-electron chi connectivity index (χ3n) is 2.95. The van der Waals surface area contributed by atoms with Crippen LogP contribution < -0.4 is 10.1 Å². The maximum atomic E-state index is 12.2. The Balaban J connectivity index is 2.07. The second kappa shape index (κ2) is 7.98. The highest BCUT2D eigenvalue weighted by atomic mass is 32.2. The summed E-state index contributed by atoms with van der Waals surface area (Å²) in [7, 11) is 1.42. The maximum Gasteiger partial charge on any atom is 0.335 e. The van der Waals surface area contributed by atoms with Crippen LogP contribution in [0.4, 0.5) is 0 Å². The molecule has 1 aromatic carbocycles. The van der Waals surface area contributed by atoms with E-state index >= 15 is 0 Å². The number of methoxy groups -OCH3 is 1. The van der Waals surface area contributed by atoms with Crippen LogP contribution in [0.15, 0.2) is 23.6 Å². The van der Waals surface area contributed by atoms with Crippen LogP contribution >= 0.6 is 23.1 Å². The van der Waals surface area contributed by atoms with Crippen molar-refractivity contribution >= 4 is 35.0 Å². The monoisotopic (exact) mass is 352 g/mol. The third-order valence-corrected chi connectivity index (χ3v) is 4.59. The Bertz CT molecular complexity index is 715. The van der Waals surface area contributed by atoms with Gasteiger partial charge < -0.3 is 15.2 Å². The van der Waals surface area contributed by atoms with E-state index in [2.05, 4.69) is 10.3 Å². The lowest BCUT2D eigenvalue weighted by Gasteiger charge is -2.07. The lowest BCUT2D eigenvalue weighted by Crippen LogP contribution is -2.23. The number of hydrogen-bond donors (Lipinski definition) is 2. The number of carbonyl (C=O) groups is 2. The van der Waals surface area contributed by atoms with Gasteiger partial charge in [0.25, 0.3) is 5.91 Å². The second-order valence-corrected chi connectivity index (χ2v) is 6.41. The predicted octanol–water partition coefficient (Wildman–Crippen LogP) is 2.64. The zero-order chi connectivity index (χ0) is 16.8. The molecule has 1 amide bonds. The fraction of sp³-hybridized carbons (Fsp3) is 0.267. The van der Waals surface area contributed by atoms with E-state index in [1.165, 1.54) is 25.3 Å². The van der Waals surface area contributed by atoms with Crippen LogP contribution in [-0.2, 0) is 12.3 Å². The molecule has 0 saturated heterocycles. The van der Waals surface area contributed by atoms with E-state index in [-0.39, 0.29) is 17.0 Å². The molecule has 0 bridgehead atoms. The normalized spacial score (nSPS) is 10.3. The first-order valence-electron chi connectivity index (χ1n) is 6.66. The summed E-state index contributed by atoms with van der Waals surface area (Å²) in [6, 6.07) is 4.19. The molecular formula is C15H16N2O4S2. The van der Waals surface area contributed by atoms with Crippen molar-refractivity contribution in [2.45, 2.75) is 12.3 Å². The molecule has 1 heterocycles. The summed E-state index contributed by atoms with van der Waals surface area (Å²) in [5.74, 6) is -0.313. The highest BCUT2D eigenvalue weighted by Gasteiger charge is 2.13. The van der Waals surface area contributed by atoms with Crippen LogP contribution in [0.3, 0.4) is 0 Å². The SMILES string of the molecule is COc1cc(C(=O)O)cc(C(=O)NCc2csc(CSC)n2)c1. The van der Waals surface area contributed by atoms with E-state index in [1.807, 2.05) is 11.6 Å². The topological polar surface area (TPSA) is 88.5 Å². The molecule has 0 aliphatic heterocycles. The summed E-state index contributed by atoms with van der Waals surface area (Å²) in [6.07, 6.45) is 2.01. The van der Waals surface area contributed by atoms with Gasteiger partial charge in [0.1, 0.15) is 10.8 Å². The van der Waals surface area contributed by atoms with Gasteiger partial charge in [-0.1, -0.05) is 0 Å². The maximum absolute atomic E-state index is 12.2. The zero-order valence-corrected chi connectivity index (χ0v) is 14.3. The van der Waals surface area contributed by atoms with E-state index in [1.54, 1.807) is 23.1 Å². The molecule has 0 radical (unpaired) electrons. The fourth-order valence-electron chi connectivity index (χ4n) is 1.86. The van der Waals surface area contributed by atoms with Crippen LogP contribution in [0, 0.1) is 0 Å². The van der Waals surface area contributed by atoms with Crippen molar-refractivity contribution in [3.05, 3.63) is 45.4 Å². The molecule has 2 aromatic rings. The first kappa shape index (κ1) is 17.3. The van der Waals surface area contributed by atoms with Crippen molar-refractivity contribution in [1.82, 2.24) is 10.3 Å². The van der Waals surface area contributed by atoms with Gasteiger partial charge in [0.2, 0.25) is 0 Å². The van der Waals surface area contributed by atoms with Crippen molar-refractivity contribution < 1.29 is 19.4 Å². The number of nitrogens with zero attached hydrogens (tertiary/aromatic N) is 1. The van der Waals surface area contributed by atoms with Gasteiger partial charge in [-0.25, -0.2) is 9.78 Å². The van der Waals surface area contributed by atoms with Crippen molar-refractivity contribution in [2.24, 2.45) is 0 Å². The molecule has 0 saturated carbocycles. The smallest absolute Gasteiger partial charge is 0.335 e. The number of benzene rings is 1. The minimum absolute atomic E-state index is 0.00501. The lowest BCUT2D eigenvalue weighted by atomic mass is 10.1. The number of carboxylic acids is 1. The van der Waals surface area contributed by atoms with Gasteiger partial charge in [0.05, 0.1) is 24.9 Å². The number of amides is 1. The van der Waals surface area contributed by atoms with Gasteiger partial charge in [0, 0.05) is 16.7 Å². The molecule has 1 aromatic heterocycles. The molecule has 2 rings (SSSR count). The van der Waals surface area contributed by atoms with Crippen LogP contribution in [0.25, 0.3) is 0 Å². The van der Waals surface area contributed by atoms with Crippen molar-refractivity contribution in [1.29, 1.82) is 0 Å². The summed E-state index contributed by atoms with van der Waals surface area (Å²) >= 11 is 3.24. The summed E-state index contributed by atoms with van der Waals surface area (Å²) in [4.78, 5) is 27.7. The summed E-state index contributed by atoms with van der Waals surface area (Å²) in [6.45, 7) is 0.295. The number of aromatic carboxylic acids is 1. The van der Waals surface area contributed by atoms with Crippen LogP contribution in [0.5, 0.6) is 5.75 Å². The Labute approximate surface area is 141 Å². The van der Waals surface area contributed by atoms with E-state index in [4.69, 9.17) is 9.84 Å².